The van der Waals surface area contributed by atoms with Crippen molar-refractivity contribution in [3.05, 3.63) is 98.8 Å². The molecule has 0 aliphatic rings. The molecule has 40 heavy (non-hydrogen) atoms. The Morgan fingerprint density at radius 2 is 1.85 bits per heavy atom. The van der Waals surface area contributed by atoms with E-state index in [9.17, 15) is 22.4 Å². The molecule has 1 atom stereocenters. The third-order valence-electron chi connectivity index (χ3n) is 6.07. The van der Waals surface area contributed by atoms with Crippen LogP contribution in [0.1, 0.15) is 46.7 Å². The maximum absolute atomic E-state index is 14.3. The first-order chi connectivity index (χ1) is 18.9. The average molecular weight is 594 g/mol. The highest BCUT2D eigenvalue weighted by atomic mass is 35.5. The van der Waals surface area contributed by atoms with Gasteiger partial charge in [0.15, 0.2) is 11.6 Å². The van der Waals surface area contributed by atoms with Gasteiger partial charge in [0.1, 0.15) is 23.5 Å². The van der Waals surface area contributed by atoms with Crippen LogP contribution in [0.5, 0.6) is 11.5 Å². The number of nitrogens with zero attached hydrogens (tertiary/aromatic N) is 1. The van der Waals surface area contributed by atoms with E-state index in [-0.39, 0.29) is 23.8 Å². The second-order valence-corrected chi connectivity index (χ2v) is 10.5. The van der Waals surface area contributed by atoms with Crippen LogP contribution >= 0.6 is 22.9 Å². The second-order valence-electron chi connectivity index (χ2n) is 8.98. The summed E-state index contributed by atoms with van der Waals surface area (Å²) in [6, 6.07) is 14.2. The van der Waals surface area contributed by atoms with Crippen molar-refractivity contribution in [1.29, 1.82) is 0 Å². The highest BCUT2D eigenvalue weighted by molar-refractivity contribution is 7.15. The summed E-state index contributed by atoms with van der Waals surface area (Å²) in [5.74, 6) is -1.12. The summed E-state index contributed by atoms with van der Waals surface area (Å²) >= 11 is 7.29. The second kappa shape index (κ2) is 12.3. The molecule has 0 saturated heterocycles. The number of para-hydroxylation sites is 1. The molecule has 0 aliphatic heterocycles. The highest BCUT2D eigenvalue weighted by Gasteiger charge is 2.30. The van der Waals surface area contributed by atoms with Gasteiger partial charge < -0.3 is 14.6 Å². The van der Waals surface area contributed by atoms with Gasteiger partial charge in [0.05, 0.1) is 21.2 Å². The molecule has 0 unspecified atom stereocenters. The Kier molecular flexibility index (Phi) is 9.00. The van der Waals surface area contributed by atoms with E-state index in [0.717, 1.165) is 23.3 Å². The van der Waals surface area contributed by atoms with E-state index in [1.165, 1.54) is 41.7 Å². The summed E-state index contributed by atoms with van der Waals surface area (Å²) in [6.07, 6.45) is -4.68. The van der Waals surface area contributed by atoms with Gasteiger partial charge in [-0.2, -0.15) is 13.2 Å². The van der Waals surface area contributed by atoms with Crippen molar-refractivity contribution in [3.63, 3.8) is 0 Å². The lowest BCUT2D eigenvalue weighted by Gasteiger charge is -2.16. The van der Waals surface area contributed by atoms with Crippen molar-refractivity contribution >= 4 is 28.9 Å². The first kappa shape index (κ1) is 29.4. The normalized spacial score (nSPS) is 12.3. The number of benzene rings is 3. The number of aliphatic carboxylic acids is 1. The maximum atomic E-state index is 14.3. The first-order valence-electron chi connectivity index (χ1n) is 12.1. The molecule has 0 spiro atoms. The smallest absolute Gasteiger partial charge is 0.416 e. The van der Waals surface area contributed by atoms with Crippen LogP contribution in [-0.4, -0.2) is 16.1 Å². The van der Waals surface area contributed by atoms with Gasteiger partial charge in [0.25, 0.3) is 0 Å². The van der Waals surface area contributed by atoms with Crippen molar-refractivity contribution in [2.24, 2.45) is 0 Å². The van der Waals surface area contributed by atoms with Crippen LogP contribution in [0.25, 0.3) is 10.6 Å². The molecule has 0 bridgehead atoms. The molecular formula is C29H24ClF4NO4S. The van der Waals surface area contributed by atoms with E-state index in [4.69, 9.17) is 26.2 Å². The average Bonchev–Trinajstić information content (AvgIpc) is 3.32. The number of thiazole rings is 1. The molecule has 0 radical (unpaired) electrons. The molecular weight excluding hydrogens is 570 g/mol. The van der Waals surface area contributed by atoms with E-state index in [2.05, 4.69) is 4.98 Å². The fourth-order valence-corrected chi connectivity index (χ4v) is 5.27. The zero-order valence-corrected chi connectivity index (χ0v) is 23.0. The molecule has 0 amide bonds. The van der Waals surface area contributed by atoms with Gasteiger partial charge in [-0.1, -0.05) is 35.9 Å². The van der Waals surface area contributed by atoms with Crippen molar-refractivity contribution in [2.75, 3.05) is 0 Å². The monoisotopic (exact) mass is 593 g/mol. The van der Waals surface area contributed by atoms with Crippen LogP contribution < -0.4 is 9.47 Å². The maximum Gasteiger partial charge on any atom is 0.416 e. The molecule has 0 saturated carbocycles. The van der Waals surface area contributed by atoms with Crippen LogP contribution in [-0.2, 0) is 24.0 Å². The minimum absolute atomic E-state index is 0.0123. The number of hydrogen-bond donors (Lipinski definition) is 1. The SMILES string of the molecule is Cc1cc(O[C@H](C)c2nc(-c3ccc(C(F)(F)F)cc3)sc2COc2c(F)cccc2Cl)ccc1CCC(=O)O. The van der Waals surface area contributed by atoms with E-state index in [1.807, 2.05) is 6.92 Å². The number of alkyl halides is 3. The number of ether oxygens (including phenoxy) is 2. The fourth-order valence-electron chi connectivity index (χ4n) is 3.99. The van der Waals surface area contributed by atoms with Crippen LogP contribution in [0.2, 0.25) is 5.02 Å². The summed E-state index contributed by atoms with van der Waals surface area (Å²) in [5.41, 5.74) is 1.92. The van der Waals surface area contributed by atoms with Crippen molar-refractivity contribution in [1.82, 2.24) is 4.98 Å². The third kappa shape index (κ3) is 7.11. The zero-order chi connectivity index (χ0) is 29.0. The molecule has 1 heterocycles. The largest absolute Gasteiger partial charge is 0.484 e. The van der Waals surface area contributed by atoms with E-state index in [1.54, 1.807) is 25.1 Å². The van der Waals surface area contributed by atoms with Gasteiger partial charge in [0, 0.05) is 12.0 Å². The topological polar surface area (TPSA) is 68.7 Å². The van der Waals surface area contributed by atoms with Crippen molar-refractivity contribution in [3.8, 4) is 22.1 Å². The molecule has 3 aromatic carbocycles. The zero-order valence-electron chi connectivity index (χ0n) is 21.4. The van der Waals surface area contributed by atoms with Gasteiger partial charge in [-0.05, 0) is 67.8 Å². The Morgan fingerprint density at radius 1 is 1.12 bits per heavy atom. The standard InChI is InChI=1S/C29H24ClF4NO4S/c1-16-14-21(12-8-18(16)9-13-25(36)37)39-17(2)26-24(15-38-27-22(30)4-3-5-23(27)31)40-28(35-26)19-6-10-20(11-7-19)29(32,33)34/h3-8,10-12,14,17H,9,13,15H2,1-2H3,(H,36,37)/t17-/m1/s1. The lowest BCUT2D eigenvalue weighted by atomic mass is 10.0. The molecule has 4 rings (SSSR count). The highest BCUT2D eigenvalue weighted by Crippen LogP contribution is 2.37. The minimum atomic E-state index is -4.46. The summed E-state index contributed by atoms with van der Waals surface area (Å²) in [5, 5.41) is 9.49. The summed E-state index contributed by atoms with van der Waals surface area (Å²) in [6.45, 7) is 3.52. The van der Waals surface area contributed by atoms with E-state index >= 15 is 0 Å². The van der Waals surface area contributed by atoms with Crippen LogP contribution in [0.3, 0.4) is 0 Å². The number of carboxylic acids is 1. The van der Waals surface area contributed by atoms with E-state index in [0.29, 0.717) is 33.3 Å². The first-order valence-corrected chi connectivity index (χ1v) is 13.3. The third-order valence-corrected chi connectivity index (χ3v) is 7.46. The Morgan fingerprint density at radius 3 is 2.48 bits per heavy atom. The van der Waals surface area contributed by atoms with E-state index < -0.39 is 29.6 Å². The lowest BCUT2D eigenvalue weighted by molar-refractivity contribution is -0.138. The van der Waals surface area contributed by atoms with Crippen LogP contribution in [0.15, 0.2) is 60.7 Å². The predicted octanol–water partition coefficient (Wildman–Crippen LogP) is 8.67. The van der Waals surface area contributed by atoms with Gasteiger partial charge in [-0.15, -0.1) is 11.3 Å². The number of aromatic nitrogens is 1. The Balaban J connectivity index is 1.62. The molecule has 210 valence electrons. The Hall–Kier alpha value is -3.63. The number of carboxylic acid groups (broad SMARTS) is 1. The summed E-state index contributed by atoms with van der Waals surface area (Å²) in [4.78, 5) is 16.1. The fraction of sp³-hybridized carbons (Fsp3) is 0.241. The molecule has 5 nitrogen and oxygen atoms in total. The predicted molar refractivity (Wildman–Crippen MR) is 144 cm³/mol. The minimum Gasteiger partial charge on any atom is -0.484 e. The number of halogens is 5. The van der Waals surface area contributed by atoms with Crippen molar-refractivity contribution < 1.29 is 36.9 Å². The van der Waals surface area contributed by atoms with Crippen molar-refractivity contribution in [2.45, 2.75) is 45.6 Å². The summed E-state index contributed by atoms with van der Waals surface area (Å²) in [7, 11) is 0. The number of hydrogen-bond acceptors (Lipinski definition) is 5. The number of rotatable bonds is 10. The number of aryl methyl sites for hydroxylation is 2. The molecule has 1 N–H and O–H groups in total. The number of carbonyl (C=O) groups is 1. The van der Waals surface area contributed by atoms with Gasteiger partial charge in [-0.3, -0.25) is 4.79 Å². The van der Waals surface area contributed by atoms with Gasteiger partial charge >= 0.3 is 12.1 Å². The summed E-state index contributed by atoms with van der Waals surface area (Å²) < 4.78 is 65.3. The Labute approximate surface area is 237 Å². The molecule has 4 aromatic rings. The molecule has 0 fully saturated rings. The lowest BCUT2D eigenvalue weighted by Crippen LogP contribution is -2.08. The Bertz CT molecular complexity index is 1480. The molecule has 11 heteroatoms. The molecule has 1 aromatic heterocycles. The van der Waals surface area contributed by atoms with Gasteiger partial charge in [-0.25, -0.2) is 9.37 Å². The molecule has 0 aliphatic carbocycles. The van der Waals surface area contributed by atoms with Crippen LogP contribution in [0, 0.1) is 12.7 Å². The quantitative estimate of drug-likeness (QED) is 0.186. The van der Waals surface area contributed by atoms with Crippen LogP contribution in [0.4, 0.5) is 17.6 Å². The van der Waals surface area contributed by atoms with Gasteiger partial charge in [0.2, 0.25) is 0 Å².